The molecule has 1 aromatic heterocycles. The Morgan fingerprint density at radius 2 is 1.96 bits per heavy atom. The number of aromatic nitrogens is 1. The van der Waals surface area contributed by atoms with E-state index in [0.717, 1.165) is 50.3 Å². The molecule has 0 saturated carbocycles. The van der Waals surface area contributed by atoms with Gasteiger partial charge >= 0.3 is 0 Å². The number of primary amides is 1. The Labute approximate surface area is 171 Å². The lowest BCUT2D eigenvalue weighted by atomic mass is 10.1. The first kappa shape index (κ1) is 20.7. The van der Waals surface area contributed by atoms with Crippen LogP contribution in [-0.4, -0.2) is 53.1 Å². The summed E-state index contributed by atoms with van der Waals surface area (Å²) in [5, 5.41) is 2.05. The maximum Gasteiger partial charge on any atom is 0.250 e. The van der Waals surface area contributed by atoms with Crippen molar-refractivity contribution in [1.82, 2.24) is 9.88 Å². The molecule has 2 aliphatic rings. The second-order valence-electron chi connectivity index (χ2n) is 7.54. The normalized spacial score (nSPS) is 21.9. The molecule has 3 heterocycles. The molecule has 7 heteroatoms. The van der Waals surface area contributed by atoms with E-state index in [4.69, 9.17) is 10.7 Å². The van der Waals surface area contributed by atoms with Crippen LogP contribution in [-0.2, 0) is 11.2 Å². The van der Waals surface area contributed by atoms with Gasteiger partial charge in [-0.1, -0.05) is 32.8 Å². The Hall–Kier alpha value is -2.02. The highest BCUT2D eigenvalue weighted by molar-refractivity contribution is 8.03. The fourth-order valence-corrected chi connectivity index (χ4v) is 4.83. The van der Waals surface area contributed by atoms with Crippen molar-refractivity contribution in [2.24, 2.45) is 11.7 Å². The number of rotatable bonds is 7. The van der Waals surface area contributed by atoms with Crippen molar-refractivity contribution in [1.29, 1.82) is 0 Å². The lowest BCUT2D eigenvalue weighted by molar-refractivity contribution is -0.131. The average Bonchev–Trinajstić information content (AvgIpc) is 3.13. The second-order valence-corrected chi connectivity index (χ2v) is 8.59. The van der Waals surface area contributed by atoms with Crippen LogP contribution in [0.1, 0.15) is 49.2 Å². The highest BCUT2D eigenvalue weighted by Gasteiger charge is 2.32. The first-order valence-electron chi connectivity index (χ1n) is 10.2. The maximum absolute atomic E-state index is 12.8. The van der Waals surface area contributed by atoms with E-state index >= 15 is 0 Å². The van der Waals surface area contributed by atoms with Gasteiger partial charge in [-0.2, -0.15) is 0 Å². The maximum atomic E-state index is 12.8. The van der Waals surface area contributed by atoms with Crippen LogP contribution in [0.2, 0.25) is 0 Å². The molecule has 1 saturated heterocycles. The third-order valence-electron chi connectivity index (χ3n) is 5.49. The van der Waals surface area contributed by atoms with E-state index in [1.165, 1.54) is 0 Å². The molecule has 2 amide bonds. The summed E-state index contributed by atoms with van der Waals surface area (Å²) < 4.78 is 0. The number of hydrogen-bond acceptors (Lipinski definition) is 5. The number of piperazine rings is 1. The van der Waals surface area contributed by atoms with Crippen LogP contribution in [0.15, 0.2) is 23.6 Å². The molecule has 3 rings (SSSR count). The summed E-state index contributed by atoms with van der Waals surface area (Å²) in [6.45, 7) is 7.16. The Balaban J connectivity index is 1.64. The van der Waals surface area contributed by atoms with Crippen molar-refractivity contribution in [3.8, 4) is 0 Å². The fourth-order valence-electron chi connectivity index (χ4n) is 3.72. The summed E-state index contributed by atoms with van der Waals surface area (Å²) >= 11 is 1.62. The van der Waals surface area contributed by atoms with Gasteiger partial charge in [0.2, 0.25) is 5.91 Å². The first-order valence-corrected chi connectivity index (χ1v) is 11.1. The highest BCUT2D eigenvalue weighted by atomic mass is 32.2. The van der Waals surface area contributed by atoms with Crippen LogP contribution in [0.4, 0.5) is 5.82 Å². The third kappa shape index (κ3) is 4.69. The van der Waals surface area contributed by atoms with Gasteiger partial charge in [0, 0.05) is 26.2 Å². The van der Waals surface area contributed by atoms with Gasteiger partial charge in [-0.15, -0.1) is 11.8 Å². The van der Waals surface area contributed by atoms with Gasteiger partial charge in [0.1, 0.15) is 5.82 Å². The summed E-state index contributed by atoms with van der Waals surface area (Å²) in [6, 6.07) is 3.67. The van der Waals surface area contributed by atoms with Crippen LogP contribution in [0.3, 0.4) is 0 Å². The van der Waals surface area contributed by atoms with E-state index in [9.17, 15) is 9.59 Å². The van der Waals surface area contributed by atoms with Crippen LogP contribution in [0.25, 0.3) is 0 Å². The number of anilines is 1. The zero-order valence-corrected chi connectivity index (χ0v) is 17.6. The third-order valence-corrected chi connectivity index (χ3v) is 6.72. The van der Waals surface area contributed by atoms with Crippen LogP contribution < -0.4 is 10.6 Å². The zero-order chi connectivity index (χ0) is 20.1. The number of aryl methyl sites for hydroxylation is 1. The van der Waals surface area contributed by atoms with Gasteiger partial charge < -0.3 is 15.5 Å². The number of pyridine rings is 1. The Morgan fingerprint density at radius 3 is 2.57 bits per heavy atom. The Bertz CT molecular complexity index is 744. The molecule has 2 N–H and O–H groups in total. The molecule has 0 spiro atoms. The highest BCUT2D eigenvalue weighted by Crippen LogP contribution is 2.31. The van der Waals surface area contributed by atoms with Gasteiger partial charge in [-0.05, 0) is 36.3 Å². The van der Waals surface area contributed by atoms with E-state index < -0.39 is 5.91 Å². The van der Waals surface area contributed by atoms with Crippen LogP contribution in [0, 0.1) is 5.92 Å². The molecule has 1 aromatic rings. The zero-order valence-electron chi connectivity index (χ0n) is 16.8. The van der Waals surface area contributed by atoms with Crippen LogP contribution in [0.5, 0.6) is 0 Å². The minimum atomic E-state index is -0.419. The number of allylic oxidation sites excluding steroid dienone is 1. The molecule has 0 bridgehead atoms. The standard InChI is InChI=1S/C21H30N4O2S/c1-3-4-5-6-17-16(20(22)26)7-8-18(23-17)24-10-12-25(13-11-24)21(27)19-15(2)9-14-28-19/h7-9,14-15,19H,3-6,10-13H2,1-2H3,(H2,22,26). The molecule has 2 atom stereocenters. The molecule has 152 valence electrons. The number of unbranched alkanes of at least 4 members (excludes halogenated alkanes) is 2. The Kier molecular flexibility index (Phi) is 6.99. The van der Waals surface area contributed by atoms with E-state index in [1.807, 2.05) is 16.4 Å². The summed E-state index contributed by atoms with van der Waals surface area (Å²) in [5.41, 5.74) is 6.84. The smallest absolute Gasteiger partial charge is 0.250 e. The number of amides is 2. The molecular weight excluding hydrogens is 372 g/mol. The molecule has 2 aliphatic heterocycles. The Morgan fingerprint density at radius 1 is 1.21 bits per heavy atom. The topological polar surface area (TPSA) is 79.5 Å². The lowest BCUT2D eigenvalue weighted by Gasteiger charge is -2.37. The number of hydrogen-bond donors (Lipinski definition) is 1. The van der Waals surface area contributed by atoms with Gasteiger partial charge in [-0.25, -0.2) is 4.98 Å². The molecule has 0 radical (unpaired) electrons. The molecule has 0 aromatic carbocycles. The van der Waals surface area contributed by atoms with Gasteiger partial charge in [0.25, 0.3) is 5.91 Å². The second kappa shape index (κ2) is 9.45. The summed E-state index contributed by atoms with van der Waals surface area (Å²) in [5.74, 6) is 0.982. The molecule has 0 aliphatic carbocycles. The number of nitrogens with two attached hydrogens (primary N) is 1. The van der Waals surface area contributed by atoms with E-state index in [2.05, 4.69) is 24.8 Å². The molecule has 1 fully saturated rings. The SMILES string of the molecule is CCCCCc1nc(N2CCN(C(=O)C3SC=CC3C)CC2)ccc1C(N)=O. The van der Waals surface area contributed by atoms with Crippen LogP contribution >= 0.6 is 11.8 Å². The number of thioether (sulfide) groups is 1. The van der Waals surface area contributed by atoms with E-state index in [1.54, 1.807) is 17.8 Å². The van der Waals surface area contributed by atoms with Crippen molar-refractivity contribution < 1.29 is 9.59 Å². The monoisotopic (exact) mass is 402 g/mol. The average molecular weight is 403 g/mol. The lowest BCUT2D eigenvalue weighted by Crippen LogP contribution is -2.51. The van der Waals surface area contributed by atoms with Gasteiger partial charge in [-0.3, -0.25) is 9.59 Å². The predicted octanol–water partition coefficient (Wildman–Crippen LogP) is 2.83. The minimum Gasteiger partial charge on any atom is -0.366 e. The predicted molar refractivity (Wildman–Crippen MR) is 114 cm³/mol. The van der Waals surface area contributed by atoms with Gasteiger partial charge in [0.05, 0.1) is 16.5 Å². The minimum absolute atomic E-state index is 0.0182. The quantitative estimate of drug-likeness (QED) is 0.710. The van der Waals surface area contributed by atoms with Crippen molar-refractivity contribution >= 4 is 29.4 Å². The summed E-state index contributed by atoms with van der Waals surface area (Å²) in [4.78, 5) is 33.4. The molecule has 28 heavy (non-hydrogen) atoms. The van der Waals surface area contributed by atoms with Crippen molar-refractivity contribution in [3.05, 3.63) is 34.9 Å². The number of carbonyl (C=O) groups excluding carboxylic acids is 2. The number of carbonyl (C=O) groups is 2. The molecular formula is C21H30N4O2S. The summed E-state index contributed by atoms with van der Waals surface area (Å²) in [7, 11) is 0. The summed E-state index contributed by atoms with van der Waals surface area (Å²) in [6.07, 6.45) is 6.10. The van der Waals surface area contributed by atoms with E-state index in [0.29, 0.717) is 24.6 Å². The molecule has 6 nitrogen and oxygen atoms in total. The molecule has 2 unspecified atom stereocenters. The fraction of sp³-hybridized carbons (Fsp3) is 0.571. The largest absolute Gasteiger partial charge is 0.366 e. The first-order chi connectivity index (χ1) is 13.5. The van der Waals surface area contributed by atoms with Crippen molar-refractivity contribution in [2.45, 2.75) is 44.8 Å². The number of nitrogens with zero attached hydrogens (tertiary/aromatic N) is 3. The van der Waals surface area contributed by atoms with Crippen molar-refractivity contribution in [3.63, 3.8) is 0 Å². The van der Waals surface area contributed by atoms with Gasteiger partial charge in [0.15, 0.2) is 0 Å². The van der Waals surface area contributed by atoms with Crippen molar-refractivity contribution in [2.75, 3.05) is 31.1 Å². The van der Waals surface area contributed by atoms with E-state index in [-0.39, 0.29) is 11.2 Å².